The average molecular weight is 527 g/mol. The van der Waals surface area contributed by atoms with Crippen LogP contribution in [-0.4, -0.2) is 35.8 Å². The van der Waals surface area contributed by atoms with Crippen LogP contribution >= 0.6 is 0 Å². The number of benzene rings is 3. The number of β-amino-alcohol motifs (C(OH)–C–C–N with tert-alkyl or cyclic N) is 1. The molecule has 8 heteroatoms. The number of aliphatic hydroxyl groups is 2. The van der Waals surface area contributed by atoms with Gasteiger partial charge in [0.05, 0.1) is 17.6 Å². The maximum absolute atomic E-state index is 13.0. The number of hydrogen-bond acceptors (Lipinski definition) is 6. The standard InChI is InChI=1S/C29H38N2O5S/c1-19-11-20(2)28(21(3)12-19)37(35,36)31-16-23-8-6-7-22(13-23)15-29(4,5)30-17-27(34)24-9-10-26(33)25(14-24)18-32/h6-14,27,30-34H,15-18H2,1-5H3/t27-/m0/s1. The van der Waals surface area contributed by atoms with E-state index in [1.165, 1.54) is 6.07 Å². The summed E-state index contributed by atoms with van der Waals surface area (Å²) >= 11 is 0. The molecule has 200 valence electrons. The van der Waals surface area contributed by atoms with Crippen LogP contribution in [0.25, 0.3) is 0 Å². The number of hydrogen-bond donors (Lipinski definition) is 5. The summed E-state index contributed by atoms with van der Waals surface area (Å²) in [6, 6.07) is 16.3. The maximum atomic E-state index is 13.0. The van der Waals surface area contributed by atoms with E-state index in [4.69, 9.17) is 0 Å². The van der Waals surface area contributed by atoms with E-state index in [1.807, 2.05) is 71.0 Å². The quantitative estimate of drug-likeness (QED) is 0.258. The maximum Gasteiger partial charge on any atom is 0.241 e. The molecular weight excluding hydrogens is 488 g/mol. The van der Waals surface area contributed by atoms with Gasteiger partial charge in [0.1, 0.15) is 5.75 Å². The summed E-state index contributed by atoms with van der Waals surface area (Å²) in [5, 5.41) is 33.1. The highest BCUT2D eigenvalue weighted by atomic mass is 32.2. The number of aryl methyl sites for hydroxylation is 3. The van der Waals surface area contributed by atoms with Crippen molar-refractivity contribution in [2.75, 3.05) is 6.54 Å². The Balaban J connectivity index is 1.63. The van der Waals surface area contributed by atoms with Crippen molar-refractivity contribution in [2.24, 2.45) is 0 Å². The van der Waals surface area contributed by atoms with Gasteiger partial charge in [-0.25, -0.2) is 13.1 Å². The van der Waals surface area contributed by atoms with Crippen LogP contribution in [0.1, 0.15) is 58.9 Å². The van der Waals surface area contributed by atoms with E-state index in [-0.39, 0.29) is 31.0 Å². The molecule has 0 aliphatic rings. The van der Waals surface area contributed by atoms with Gasteiger partial charge in [0.15, 0.2) is 0 Å². The first kappa shape index (κ1) is 28.8. The fourth-order valence-corrected chi connectivity index (χ4v) is 6.16. The molecular formula is C29H38N2O5S. The second-order valence-electron chi connectivity index (χ2n) is 10.4. The Bertz CT molecular complexity index is 1330. The minimum absolute atomic E-state index is 0.00181. The number of phenols is 1. The third-order valence-corrected chi connectivity index (χ3v) is 8.12. The van der Waals surface area contributed by atoms with Gasteiger partial charge in [0, 0.05) is 24.2 Å². The Kier molecular flexibility index (Phi) is 9.15. The van der Waals surface area contributed by atoms with E-state index >= 15 is 0 Å². The molecule has 0 saturated carbocycles. The highest BCUT2D eigenvalue weighted by Crippen LogP contribution is 2.24. The van der Waals surface area contributed by atoms with Gasteiger partial charge in [-0.1, -0.05) is 48.0 Å². The van der Waals surface area contributed by atoms with Crippen LogP contribution in [0.2, 0.25) is 0 Å². The van der Waals surface area contributed by atoms with Crippen molar-refractivity contribution in [1.82, 2.24) is 10.0 Å². The normalized spacial score (nSPS) is 13.1. The van der Waals surface area contributed by atoms with Crippen molar-refractivity contribution in [1.29, 1.82) is 0 Å². The number of nitrogens with one attached hydrogen (secondary N) is 2. The molecule has 0 fully saturated rings. The molecule has 7 nitrogen and oxygen atoms in total. The molecule has 0 amide bonds. The Morgan fingerprint density at radius 2 is 1.59 bits per heavy atom. The predicted molar refractivity (Wildman–Crippen MR) is 146 cm³/mol. The summed E-state index contributed by atoms with van der Waals surface area (Å²) in [6.07, 6.45) is -0.145. The lowest BCUT2D eigenvalue weighted by Crippen LogP contribution is -2.43. The fourth-order valence-electron chi connectivity index (χ4n) is 4.69. The topological polar surface area (TPSA) is 119 Å². The summed E-state index contributed by atoms with van der Waals surface area (Å²) in [4.78, 5) is 0.331. The summed E-state index contributed by atoms with van der Waals surface area (Å²) in [7, 11) is -3.66. The van der Waals surface area contributed by atoms with E-state index < -0.39 is 16.1 Å². The van der Waals surface area contributed by atoms with E-state index in [2.05, 4.69) is 10.0 Å². The fraction of sp³-hybridized carbons (Fsp3) is 0.379. The van der Waals surface area contributed by atoms with Gasteiger partial charge in [-0.15, -0.1) is 0 Å². The van der Waals surface area contributed by atoms with Crippen LogP contribution < -0.4 is 10.0 Å². The second-order valence-corrected chi connectivity index (χ2v) is 12.1. The average Bonchev–Trinajstić information content (AvgIpc) is 2.81. The summed E-state index contributed by atoms with van der Waals surface area (Å²) < 4.78 is 28.8. The van der Waals surface area contributed by atoms with Crippen LogP contribution in [0.15, 0.2) is 59.5 Å². The van der Waals surface area contributed by atoms with Crippen LogP contribution in [0.4, 0.5) is 0 Å². The van der Waals surface area contributed by atoms with Gasteiger partial charge in [-0.2, -0.15) is 0 Å². The van der Waals surface area contributed by atoms with E-state index in [0.717, 1.165) is 27.8 Å². The molecule has 0 aliphatic heterocycles. The zero-order valence-corrected chi connectivity index (χ0v) is 23.0. The molecule has 0 radical (unpaired) electrons. The molecule has 3 aromatic rings. The monoisotopic (exact) mass is 526 g/mol. The number of aliphatic hydroxyl groups excluding tert-OH is 2. The highest BCUT2D eigenvalue weighted by molar-refractivity contribution is 7.89. The third-order valence-electron chi connectivity index (χ3n) is 6.41. The van der Waals surface area contributed by atoms with Gasteiger partial charge in [0.2, 0.25) is 10.0 Å². The second kappa shape index (κ2) is 11.8. The van der Waals surface area contributed by atoms with Crippen molar-refractivity contribution < 1.29 is 23.7 Å². The molecule has 0 aliphatic carbocycles. The Hall–Kier alpha value is -2.75. The van der Waals surface area contributed by atoms with Gasteiger partial charge < -0.3 is 20.6 Å². The summed E-state index contributed by atoms with van der Waals surface area (Å²) in [5.74, 6) is -0.00181. The van der Waals surface area contributed by atoms with E-state index in [1.54, 1.807) is 12.1 Å². The number of aromatic hydroxyl groups is 1. The van der Waals surface area contributed by atoms with Crippen molar-refractivity contribution >= 4 is 10.0 Å². The lowest BCUT2D eigenvalue weighted by molar-refractivity contribution is 0.160. The smallest absolute Gasteiger partial charge is 0.241 e. The zero-order valence-electron chi connectivity index (χ0n) is 22.2. The van der Waals surface area contributed by atoms with Crippen molar-refractivity contribution in [2.45, 2.75) is 70.7 Å². The molecule has 3 aromatic carbocycles. The highest BCUT2D eigenvalue weighted by Gasteiger charge is 2.22. The van der Waals surface area contributed by atoms with E-state index in [0.29, 0.717) is 22.4 Å². The Morgan fingerprint density at radius 3 is 2.24 bits per heavy atom. The van der Waals surface area contributed by atoms with Gasteiger partial charge in [-0.3, -0.25) is 0 Å². The molecule has 0 unspecified atom stereocenters. The Morgan fingerprint density at radius 1 is 0.946 bits per heavy atom. The first-order valence-electron chi connectivity index (χ1n) is 12.3. The summed E-state index contributed by atoms with van der Waals surface area (Å²) in [5.41, 5.74) is 5.02. The molecule has 0 heterocycles. The lowest BCUT2D eigenvalue weighted by atomic mass is 9.93. The molecule has 5 N–H and O–H groups in total. The summed E-state index contributed by atoms with van der Waals surface area (Å²) in [6.45, 7) is 9.82. The molecule has 37 heavy (non-hydrogen) atoms. The van der Waals surface area contributed by atoms with Crippen molar-refractivity contribution in [3.8, 4) is 5.75 Å². The van der Waals surface area contributed by atoms with Gasteiger partial charge in [-0.05, 0) is 81.0 Å². The molecule has 0 aromatic heterocycles. The minimum atomic E-state index is -3.66. The molecule has 1 atom stereocenters. The van der Waals surface area contributed by atoms with E-state index in [9.17, 15) is 23.7 Å². The van der Waals surface area contributed by atoms with Crippen LogP contribution in [0, 0.1) is 20.8 Å². The zero-order chi connectivity index (χ0) is 27.4. The van der Waals surface area contributed by atoms with Crippen molar-refractivity contribution in [3.05, 3.63) is 93.5 Å². The minimum Gasteiger partial charge on any atom is -0.508 e. The SMILES string of the molecule is Cc1cc(C)c(S(=O)(=O)NCc2cccc(CC(C)(C)NC[C@H](O)c3ccc(O)c(CO)c3)c2)c(C)c1. The predicted octanol–water partition coefficient (Wildman–Crippen LogP) is 3.93. The lowest BCUT2D eigenvalue weighted by Gasteiger charge is -2.28. The molecule has 0 spiro atoms. The Labute approximate surface area is 220 Å². The molecule has 3 rings (SSSR count). The van der Waals surface area contributed by atoms with Crippen LogP contribution in [-0.2, 0) is 29.6 Å². The first-order chi connectivity index (χ1) is 17.3. The number of rotatable bonds is 11. The number of sulfonamides is 1. The van der Waals surface area contributed by atoms with Crippen molar-refractivity contribution in [3.63, 3.8) is 0 Å². The van der Waals surface area contributed by atoms with Crippen LogP contribution in [0.5, 0.6) is 5.75 Å². The largest absolute Gasteiger partial charge is 0.508 e. The molecule has 0 bridgehead atoms. The molecule has 0 saturated heterocycles. The van der Waals surface area contributed by atoms with Gasteiger partial charge >= 0.3 is 0 Å². The van der Waals surface area contributed by atoms with Gasteiger partial charge in [0.25, 0.3) is 0 Å². The van der Waals surface area contributed by atoms with Crippen LogP contribution in [0.3, 0.4) is 0 Å². The third kappa shape index (κ3) is 7.63. The first-order valence-corrected chi connectivity index (χ1v) is 13.8.